The van der Waals surface area contributed by atoms with Gasteiger partial charge in [0, 0.05) is 12.6 Å². The number of ether oxygens (including phenoxy) is 1. The molecule has 0 aliphatic heterocycles. The molecule has 0 radical (unpaired) electrons. The molecule has 6 nitrogen and oxygen atoms in total. The molecule has 0 aromatic heterocycles. The van der Waals surface area contributed by atoms with Crippen LogP contribution in [0.15, 0.2) is 24.3 Å². The minimum absolute atomic E-state index is 0.148. The average Bonchev–Trinajstić information content (AvgIpc) is 2.57. The Morgan fingerprint density at radius 2 is 1.60 bits per heavy atom. The van der Waals surface area contributed by atoms with Crippen LogP contribution in [0, 0.1) is 0 Å². The molecule has 0 saturated heterocycles. The van der Waals surface area contributed by atoms with Crippen LogP contribution in [0.5, 0.6) is 0 Å². The first-order valence-electron chi connectivity index (χ1n) is 8.73. The third-order valence-corrected chi connectivity index (χ3v) is 4.28. The van der Waals surface area contributed by atoms with Crippen molar-refractivity contribution >= 4 is 6.09 Å². The second kappa shape index (κ2) is 9.17. The molecular formula is C19H34N4O2. The zero-order valence-corrected chi connectivity index (χ0v) is 16.6. The van der Waals surface area contributed by atoms with Gasteiger partial charge in [-0.1, -0.05) is 24.3 Å². The summed E-state index contributed by atoms with van der Waals surface area (Å²) in [5.41, 5.74) is 1.61. The summed E-state index contributed by atoms with van der Waals surface area (Å²) < 4.78 is 5.24. The van der Waals surface area contributed by atoms with Gasteiger partial charge >= 0.3 is 6.09 Å². The van der Waals surface area contributed by atoms with Gasteiger partial charge in [0.25, 0.3) is 0 Å². The summed E-state index contributed by atoms with van der Waals surface area (Å²) in [5, 5.41) is 12.8. The molecule has 0 aliphatic carbocycles. The number of amides is 1. The van der Waals surface area contributed by atoms with E-state index in [2.05, 4.69) is 40.3 Å². The maximum atomic E-state index is 11.7. The van der Waals surface area contributed by atoms with Crippen LogP contribution in [0.25, 0.3) is 0 Å². The van der Waals surface area contributed by atoms with E-state index >= 15 is 0 Å². The Morgan fingerprint density at radius 3 is 2.04 bits per heavy atom. The number of benzene rings is 1. The Labute approximate surface area is 152 Å². The van der Waals surface area contributed by atoms with Crippen molar-refractivity contribution in [2.75, 3.05) is 21.1 Å². The predicted molar refractivity (Wildman–Crippen MR) is 102 cm³/mol. The van der Waals surface area contributed by atoms with Crippen molar-refractivity contribution in [3.05, 3.63) is 35.4 Å². The second-order valence-corrected chi connectivity index (χ2v) is 7.47. The molecule has 4 N–H and O–H groups in total. The van der Waals surface area contributed by atoms with Crippen molar-refractivity contribution in [2.45, 2.75) is 58.0 Å². The second-order valence-electron chi connectivity index (χ2n) is 7.47. The van der Waals surface area contributed by atoms with Crippen LogP contribution in [0.3, 0.4) is 0 Å². The third-order valence-electron chi connectivity index (χ3n) is 4.28. The van der Waals surface area contributed by atoms with Crippen molar-refractivity contribution in [3.8, 4) is 0 Å². The number of carbonyl (C=O) groups excluding carboxylic acids is 1. The molecule has 0 saturated carbocycles. The molecule has 0 fully saturated rings. The summed E-state index contributed by atoms with van der Waals surface area (Å²) in [5.74, 6) is 0. The van der Waals surface area contributed by atoms with Crippen molar-refractivity contribution in [1.29, 1.82) is 0 Å². The van der Waals surface area contributed by atoms with Crippen molar-refractivity contribution in [3.63, 3.8) is 0 Å². The van der Waals surface area contributed by atoms with Crippen LogP contribution in [0.4, 0.5) is 4.79 Å². The molecule has 1 aromatic rings. The van der Waals surface area contributed by atoms with Gasteiger partial charge in [0.15, 0.2) is 0 Å². The number of hydrogen-bond acceptors (Lipinski definition) is 5. The van der Waals surface area contributed by atoms with Crippen LogP contribution in [-0.4, -0.2) is 38.5 Å². The highest BCUT2D eigenvalue weighted by Crippen LogP contribution is 2.22. The van der Waals surface area contributed by atoms with E-state index in [-0.39, 0.29) is 11.7 Å². The molecule has 25 heavy (non-hydrogen) atoms. The Hall–Kier alpha value is -1.63. The van der Waals surface area contributed by atoms with Crippen molar-refractivity contribution < 1.29 is 9.53 Å². The third kappa shape index (κ3) is 7.42. The van der Waals surface area contributed by atoms with E-state index in [1.807, 2.05) is 54.0 Å². The lowest BCUT2D eigenvalue weighted by Gasteiger charge is -2.33. The molecule has 142 valence electrons. The van der Waals surface area contributed by atoms with Crippen LogP contribution >= 0.6 is 0 Å². The molecule has 6 heteroatoms. The monoisotopic (exact) mass is 350 g/mol. The standard InChI is InChI=1S/C19H34N4O2/c1-18(2,3)25-17(24)23-13-14-8-10-15(11-9-14)16(20-5)12-19(4,21-6)22-7/h8-11,16,20-22H,12-13H2,1-7H3,(H,23,24). The Morgan fingerprint density at radius 1 is 1.04 bits per heavy atom. The quantitative estimate of drug-likeness (QED) is 0.542. The highest BCUT2D eigenvalue weighted by atomic mass is 16.6. The van der Waals surface area contributed by atoms with E-state index in [0.717, 1.165) is 12.0 Å². The van der Waals surface area contributed by atoms with Gasteiger partial charge in [-0.2, -0.15) is 0 Å². The number of rotatable bonds is 8. The van der Waals surface area contributed by atoms with Gasteiger partial charge in [0.1, 0.15) is 5.60 Å². The molecule has 1 atom stereocenters. The average molecular weight is 351 g/mol. The molecular weight excluding hydrogens is 316 g/mol. The number of hydrogen-bond donors (Lipinski definition) is 4. The largest absolute Gasteiger partial charge is 0.444 e. The van der Waals surface area contributed by atoms with Gasteiger partial charge in [-0.15, -0.1) is 0 Å². The molecule has 1 unspecified atom stereocenters. The molecule has 0 spiro atoms. The van der Waals surface area contributed by atoms with E-state index in [1.54, 1.807) is 0 Å². The topological polar surface area (TPSA) is 74.4 Å². The van der Waals surface area contributed by atoms with Gasteiger partial charge in [-0.25, -0.2) is 4.79 Å². The number of carbonyl (C=O) groups is 1. The van der Waals surface area contributed by atoms with Gasteiger partial charge in [0.05, 0.1) is 5.66 Å². The first-order valence-corrected chi connectivity index (χ1v) is 8.73. The lowest BCUT2D eigenvalue weighted by Crippen LogP contribution is -2.53. The van der Waals surface area contributed by atoms with E-state index in [0.29, 0.717) is 6.54 Å². The minimum atomic E-state index is -0.485. The van der Waals surface area contributed by atoms with Gasteiger partial charge in [0.2, 0.25) is 0 Å². The lowest BCUT2D eigenvalue weighted by atomic mass is 9.95. The summed E-state index contributed by atoms with van der Waals surface area (Å²) in [6.45, 7) is 8.14. The van der Waals surface area contributed by atoms with Crippen LogP contribution in [0.2, 0.25) is 0 Å². The smallest absolute Gasteiger partial charge is 0.407 e. The zero-order valence-electron chi connectivity index (χ0n) is 16.6. The molecule has 0 bridgehead atoms. The molecule has 1 rings (SSSR count). The Kier molecular flexibility index (Phi) is 7.86. The Bertz CT molecular complexity index is 533. The molecule has 1 amide bonds. The summed E-state index contributed by atoms with van der Waals surface area (Å²) in [6.07, 6.45) is 0.495. The van der Waals surface area contributed by atoms with Gasteiger partial charge in [-0.3, -0.25) is 0 Å². The molecule has 1 aromatic carbocycles. The van der Waals surface area contributed by atoms with E-state index < -0.39 is 11.7 Å². The number of alkyl carbamates (subject to hydrolysis) is 1. The first kappa shape index (κ1) is 21.4. The zero-order chi connectivity index (χ0) is 19.1. The highest BCUT2D eigenvalue weighted by Gasteiger charge is 2.24. The first-order chi connectivity index (χ1) is 11.6. The summed E-state index contributed by atoms with van der Waals surface area (Å²) in [4.78, 5) is 11.7. The maximum absolute atomic E-state index is 11.7. The van der Waals surface area contributed by atoms with Crippen LogP contribution < -0.4 is 21.3 Å². The van der Waals surface area contributed by atoms with Crippen LogP contribution in [0.1, 0.15) is 51.3 Å². The predicted octanol–water partition coefficient (Wildman–Crippen LogP) is 2.52. The summed E-state index contributed by atoms with van der Waals surface area (Å²) in [7, 11) is 5.87. The summed E-state index contributed by atoms with van der Waals surface area (Å²) >= 11 is 0. The summed E-state index contributed by atoms with van der Waals surface area (Å²) in [6, 6.07) is 8.48. The fraction of sp³-hybridized carbons (Fsp3) is 0.632. The lowest BCUT2D eigenvalue weighted by molar-refractivity contribution is 0.0523. The molecule has 0 aliphatic rings. The SMILES string of the molecule is CNC(CC(C)(NC)NC)c1ccc(CNC(=O)OC(C)(C)C)cc1. The van der Waals surface area contributed by atoms with E-state index in [1.165, 1.54) is 5.56 Å². The van der Waals surface area contributed by atoms with Crippen molar-refractivity contribution in [1.82, 2.24) is 21.3 Å². The Balaban J connectivity index is 2.66. The fourth-order valence-electron chi connectivity index (χ4n) is 2.48. The number of nitrogens with one attached hydrogen (secondary N) is 4. The highest BCUT2D eigenvalue weighted by molar-refractivity contribution is 5.67. The minimum Gasteiger partial charge on any atom is -0.444 e. The maximum Gasteiger partial charge on any atom is 0.407 e. The van der Waals surface area contributed by atoms with Crippen LogP contribution in [-0.2, 0) is 11.3 Å². The molecule has 0 heterocycles. The fourth-order valence-corrected chi connectivity index (χ4v) is 2.48. The van der Waals surface area contributed by atoms with Gasteiger partial charge < -0.3 is 26.0 Å². The van der Waals surface area contributed by atoms with E-state index in [4.69, 9.17) is 4.74 Å². The van der Waals surface area contributed by atoms with Crippen molar-refractivity contribution in [2.24, 2.45) is 0 Å². The van der Waals surface area contributed by atoms with Gasteiger partial charge in [-0.05, 0) is 66.4 Å². The normalized spacial score (nSPS) is 13.4. The van der Waals surface area contributed by atoms with E-state index in [9.17, 15) is 4.79 Å².